The number of carbonyl (C=O) groups is 1. The van der Waals surface area contributed by atoms with Gasteiger partial charge in [-0.25, -0.2) is 19.8 Å². The standard InChI is InChI=1S/C23H22N4O3/c1-3-29-15-24-21-19(23(28)30-4-2)20-22(26-18-13-9-8-12-17(18)25-20)27(21)14-16-10-6-5-7-11-16/h5-13,15H,3-4,14H2,1-2H3. The first kappa shape index (κ1) is 19.6. The van der Waals surface area contributed by atoms with Gasteiger partial charge in [0.1, 0.15) is 11.1 Å². The molecular formula is C23H22N4O3. The van der Waals surface area contributed by atoms with Crippen LogP contribution in [0.15, 0.2) is 59.6 Å². The van der Waals surface area contributed by atoms with Gasteiger partial charge in [-0.15, -0.1) is 0 Å². The molecule has 0 unspecified atom stereocenters. The summed E-state index contributed by atoms with van der Waals surface area (Å²) >= 11 is 0. The fourth-order valence-electron chi connectivity index (χ4n) is 3.29. The Morgan fingerprint density at radius 1 is 1.00 bits per heavy atom. The Balaban J connectivity index is 2.02. The monoisotopic (exact) mass is 402 g/mol. The first-order chi connectivity index (χ1) is 14.7. The number of aliphatic imine (C=N–C) groups is 1. The molecule has 0 N–H and O–H groups in total. The van der Waals surface area contributed by atoms with Gasteiger partial charge >= 0.3 is 5.97 Å². The van der Waals surface area contributed by atoms with Crippen molar-refractivity contribution in [3.05, 3.63) is 65.7 Å². The molecule has 0 atom stereocenters. The highest BCUT2D eigenvalue weighted by Crippen LogP contribution is 2.33. The molecule has 0 aliphatic carbocycles. The van der Waals surface area contributed by atoms with Gasteiger partial charge in [0.25, 0.3) is 0 Å². The van der Waals surface area contributed by atoms with Crippen molar-refractivity contribution >= 4 is 40.4 Å². The first-order valence-electron chi connectivity index (χ1n) is 9.87. The highest BCUT2D eigenvalue weighted by Gasteiger charge is 2.26. The van der Waals surface area contributed by atoms with E-state index in [9.17, 15) is 4.79 Å². The van der Waals surface area contributed by atoms with Gasteiger partial charge in [0.15, 0.2) is 17.9 Å². The maximum absolute atomic E-state index is 12.9. The van der Waals surface area contributed by atoms with Crippen molar-refractivity contribution in [2.75, 3.05) is 13.2 Å². The minimum absolute atomic E-state index is 0.250. The topological polar surface area (TPSA) is 78.6 Å². The molecule has 0 saturated carbocycles. The summed E-state index contributed by atoms with van der Waals surface area (Å²) in [6, 6.07) is 17.5. The third-order valence-corrected chi connectivity index (χ3v) is 4.60. The zero-order chi connectivity index (χ0) is 20.9. The average molecular weight is 402 g/mol. The number of benzene rings is 2. The van der Waals surface area contributed by atoms with Gasteiger partial charge in [-0.05, 0) is 31.5 Å². The predicted molar refractivity (Wildman–Crippen MR) is 116 cm³/mol. The lowest BCUT2D eigenvalue weighted by Gasteiger charge is -2.08. The second-order valence-corrected chi connectivity index (χ2v) is 6.57. The van der Waals surface area contributed by atoms with E-state index in [1.54, 1.807) is 6.92 Å². The Morgan fingerprint density at radius 3 is 2.40 bits per heavy atom. The minimum Gasteiger partial charge on any atom is -0.483 e. The van der Waals surface area contributed by atoms with E-state index in [4.69, 9.17) is 19.4 Å². The molecule has 2 aromatic heterocycles. The molecule has 2 aromatic carbocycles. The second-order valence-electron chi connectivity index (χ2n) is 6.57. The van der Waals surface area contributed by atoms with Gasteiger partial charge in [0.2, 0.25) is 0 Å². The van der Waals surface area contributed by atoms with Crippen molar-refractivity contribution in [2.24, 2.45) is 4.99 Å². The Kier molecular flexibility index (Phi) is 5.70. The summed E-state index contributed by atoms with van der Waals surface area (Å²) in [5.41, 5.74) is 3.82. The number of para-hydroxylation sites is 2. The number of aromatic nitrogens is 3. The zero-order valence-corrected chi connectivity index (χ0v) is 16.9. The molecule has 0 amide bonds. The van der Waals surface area contributed by atoms with Crippen molar-refractivity contribution < 1.29 is 14.3 Å². The van der Waals surface area contributed by atoms with Crippen LogP contribution < -0.4 is 0 Å². The van der Waals surface area contributed by atoms with E-state index < -0.39 is 5.97 Å². The fourth-order valence-corrected chi connectivity index (χ4v) is 3.29. The minimum atomic E-state index is -0.484. The molecule has 30 heavy (non-hydrogen) atoms. The average Bonchev–Trinajstić information content (AvgIpc) is 3.05. The number of fused-ring (bicyclic) bond motifs is 2. The lowest BCUT2D eigenvalue weighted by molar-refractivity contribution is 0.0529. The van der Waals surface area contributed by atoms with Gasteiger partial charge < -0.3 is 14.0 Å². The predicted octanol–water partition coefficient (Wildman–Crippen LogP) is 4.51. The Morgan fingerprint density at radius 2 is 1.70 bits per heavy atom. The van der Waals surface area contributed by atoms with E-state index in [-0.39, 0.29) is 12.2 Å². The number of esters is 1. The van der Waals surface area contributed by atoms with Crippen LogP contribution in [-0.2, 0) is 16.0 Å². The van der Waals surface area contributed by atoms with Crippen LogP contribution in [0.4, 0.5) is 5.82 Å². The van der Waals surface area contributed by atoms with Crippen LogP contribution in [0.25, 0.3) is 22.2 Å². The molecule has 0 spiro atoms. The Labute approximate surface area is 174 Å². The SMILES string of the molecule is CCOC=Nc1c(C(=O)OCC)c2nc3ccccc3nc2n1Cc1ccccc1. The highest BCUT2D eigenvalue weighted by atomic mass is 16.5. The number of nitrogens with zero attached hydrogens (tertiary/aromatic N) is 4. The van der Waals surface area contributed by atoms with Crippen LogP contribution in [0.1, 0.15) is 29.8 Å². The quantitative estimate of drug-likeness (QED) is 0.258. The van der Waals surface area contributed by atoms with Crippen LogP contribution in [0.3, 0.4) is 0 Å². The van der Waals surface area contributed by atoms with Gasteiger partial charge in [0, 0.05) is 0 Å². The van der Waals surface area contributed by atoms with Crippen LogP contribution in [0, 0.1) is 0 Å². The Hall–Kier alpha value is -3.74. The van der Waals surface area contributed by atoms with Gasteiger partial charge in [-0.3, -0.25) is 0 Å². The van der Waals surface area contributed by atoms with Crippen molar-refractivity contribution in [2.45, 2.75) is 20.4 Å². The van der Waals surface area contributed by atoms with E-state index in [1.807, 2.05) is 66.1 Å². The van der Waals surface area contributed by atoms with E-state index in [2.05, 4.69) is 4.99 Å². The number of hydrogen-bond acceptors (Lipinski definition) is 6. The molecule has 4 aromatic rings. The molecule has 0 saturated heterocycles. The molecule has 2 heterocycles. The maximum atomic E-state index is 12.9. The smallest absolute Gasteiger partial charge is 0.344 e. The van der Waals surface area contributed by atoms with Crippen molar-refractivity contribution in [1.29, 1.82) is 0 Å². The molecule has 0 fully saturated rings. The molecule has 0 aliphatic heterocycles. The van der Waals surface area contributed by atoms with Gasteiger partial charge in [-0.2, -0.15) is 0 Å². The molecule has 7 heteroatoms. The van der Waals surface area contributed by atoms with Crippen molar-refractivity contribution in [3.63, 3.8) is 0 Å². The van der Waals surface area contributed by atoms with E-state index in [0.717, 1.165) is 11.1 Å². The lowest BCUT2D eigenvalue weighted by atomic mass is 10.2. The van der Waals surface area contributed by atoms with Crippen LogP contribution in [-0.4, -0.2) is 40.1 Å². The van der Waals surface area contributed by atoms with Crippen LogP contribution in [0.2, 0.25) is 0 Å². The third-order valence-electron chi connectivity index (χ3n) is 4.60. The van der Waals surface area contributed by atoms with Crippen LogP contribution in [0.5, 0.6) is 0 Å². The molecule has 0 aliphatic rings. The zero-order valence-electron chi connectivity index (χ0n) is 16.9. The molecule has 0 bridgehead atoms. The number of rotatable bonds is 7. The second kappa shape index (κ2) is 8.73. The fraction of sp³-hybridized carbons (Fsp3) is 0.217. The molecule has 4 rings (SSSR count). The summed E-state index contributed by atoms with van der Waals surface area (Å²) < 4.78 is 12.5. The third kappa shape index (κ3) is 3.74. The van der Waals surface area contributed by atoms with Crippen molar-refractivity contribution in [3.8, 4) is 0 Å². The van der Waals surface area contributed by atoms with Gasteiger partial charge in [0.05, 0.1) is 30.8 Å². The molecular weight excluding hydrogens is 380 g/mol. The summed E-state index contributed by atoms with van der Waals surface area (Å²) in [6.45, 7) is 4.83. The lowest BCUT2D eigenvalue weighted by Crippen LogP contribution is -2.06. The Bertz CT molecular complexity index is 1220. The van der Waals surface area contributed by atoms with Crippen molar-refractivity contribution in [1.82, 2.24) is 14.5 Å². The highest BCUT2D eigenvalue weighted by molar-refractivity contribution is 6.08. The van der Waals surface area contributed by atoms with E-state index in [0.29, 0.717) is 35.7 Å². The van der Waals surface area contributed by atoms with E-state index in [1.165, 1.54) is 6.40 Å². The largest absolute Gasteiger partial charge is 0.483 e. The summed E-state index contributed by atoms with van der Waals surface area (Å²) in [5, 5.41) is 0. The number of carbonyl (C=O) groups excluding carboxylic acids is 1. The summed E-state index contributed by atoms with van der Waals surface area (Å²) in [4.78, 5) is 26.9. The molecule has 152 valence electrons. The summed E-state index contributed by atoms with van der Waals surface area (Å²) in [7, 11) is 0. The van der Waals surface area contributed by atoms with E-state index >= 15 is 0 Å². The molecule has 0 radical (unpaired) electrons. The van der Waals surface area contributed by atoms with Gasteiger partial charge in [-0.1, -0.05) is 42.5 Å². The van der Waals surface area contributed by atoms with Crippen LogP contribution >= 0.6 is 0 Å². The first-order valence-corrected chi connectivity index (χ1v) is 9.87. The maximum Gasteiger partial charge on any atom is 0.344 e. The summed E-state index contributed by atoms with van der Waals surface area (Å²) in [5.74, 6) is -0.0707. The normalized spacial score (nSPS) is 11.4. The number of hydrogen-bond donors (Lipinski definition) is 0. The molecule has 7 nitrogen and oxygen atoms in total. The number of ether oxygens (including phenoxy) is 2. The summed E-state index contributed by atoms with van der Waals surface area (Å²) in [6.07, 6.45) is 1.35.